The first-order valence-electron chi connectivity index (χ1n) is 7.88. The third kappa shape index (κ3) is 2.44. The Morgan fingerprint density at radius 1 is 0.522 bits per heavy atom. The van der Waals surface area contributed by atoms with Crippen molar-refractivity contribution in [3.05, 3.63) is 83.9 Å². The van der Waals surface area contributed by atoms with E-state index in [1.165, 1.54) is 11.1 Å². The van der Waals surface area contributed by atoms with E-state index in [0.29, 0.717) is 0 Å². The first-order chi connectivity index (χ1) is 11.2. The maximum Gasteiger partial charge on any atom is 0.142 e. The van der Waals surface area contributed by atoms with Gasteiger partial charge in [0.05, 0.1) is 0 Å². The maximum atomic E-state index is 6.32. The van der Waals surface area contributed by atoms with Crippen molar-refractivity contribution in [2.45, 2.75) is 13.8 Å². The minimum Gasteiger partial charge on any atom is -0.455 e. The lowest BCUT2D eigenvalue weighted by molar-refractivity contribution is 0.602. The van der Waals surface area contributed by atoms with Crippen LogP contribution < -0.4 is 0 Å². The molecule has 1 heterocycles. The molecule has 0 saturated heterocycles. The smallest absolute Gasteiger partial charge is 0.142 e. The van der Waals surface area contributed by atoms with Gasteiger partial charge < -0.3 is 4.42 Å². The predicted molar refractivity (Wildman–Crippen MR) is 96.6 cm³/mol. The molecule has 1 nitrogen and oxygen atoms in total. The fourth-order valence-corrected chi connectivity index (χ4v) is 2.93. The lowest BCUT2D eigenvalue weighted by atomic mass is 10.0. The van der Waals surface area contributed by atoms with Crippen molar-refractivity contribution in [3.8, 4) is 22.6 Å². The zero-order chi connectivity index (χ0) is 15.8. The quantitative estimate of drug-likeness (QED) is 0.418. The van der Waals surface area contributed by atoms with Crippen LogP contribution in [0.1, 0.15) is 11.1 Å². The molecule has 4 rings (SSSR count). The molecule has 0 unspecified atom stereocenters. The van der Waals surface area contributed by atoms with E-state index < -0.39 is 0 Å². The molecular formula is C22H18O. The normalized spacial score (nSPS) is 11.0. The molecule has 1 heteroatoms. The number of rotatable bonds is 2. The van der Waals surface area contributed by atoms with Crippen molar-refractivity contribution < 1.29 is 4.42 Å². The summed E-state index contributed by atoms with van der Waals surface area (Å²) < 4.78 is 6.32. The minimum absolute atomic E-state index is 0.941. The monoisotopic (exact) mass is 298 g/mol. The summed E-state index contributed by atoms with van der Waals surface area (Å²) in [7, 11) is 0. The number of hydrogen-bond acceptors (Lipinski definition) is 1. The first-order valence-corrected chi connectivity index (χ1v) is 7.88. The molecule has 0 N–H and O–H groups in total. The predicted octanol–water partition coefficient (Wildman–Crippen LogP) is 6.38. The van der Waals surface area contributed by atoms with Crippen LogP contribution in [0.2, 0.25) is 0 Å². The van der Waals surface area contributed by atoms with Crippen molar-refractivity contribution in [1.82, 2.24) is 0 Å². The summed E-state index contributed by atoms with van der Waals surface area (Å²) in [5, 5.41) is 2.32. The molecule has 0 saturated carbocycles. The maximum absolute atomic E-state index is 6.32. The molecule has 112 valence electrons. The zero-order valence-electron chi connectivity index (χ0n) is 13.3. The Kier molecular flexibility index (Phi) is 3.27. The van der Waals surface area contributed by atoms with Gasteiger partial charge in [-0.05, 0) is 13.8 Å². The highest BCUT2D eigenvalue weighted by atomic mass is 16.3. The van der Waals surface area contributed by atoms with Crippen LogP contribution in [-0.2, 0) is 0 Å². The van der Waals surface area contributed by atoms with Gasteiger partial charge in [-0.15, -0.1) is 0 Å². The van der Waals surface area contributed by atoms with Gasteiger partial charge in [0.1, 0.15) is 11.5 Å². The molecule has 1 aromatic heterocycles. The molecular weight excluding hydrogens is 280 g/mol. The van der Waals surface area contributed by atoms with Crippen LogP contribution in [0.5, 0.6) is 0 Å². The molecule has 0 fully saturated rings. The first kappa shape index (κ1) is 13.8. The second-order valence-corrected chi connectivity index (χ2v) is 6.04. The zero-order valence-corrected chi connectivity index (χ0v) is 13.3. The standard InChI is InChI=1S/C22H18O/c1-15-7-11-17(12-8-15)21-19-5-3-4-6-20(19)22(23-21)18-13-9-16(2)10-14-18/h3-14H,1-2H3. The van der Waals surface area contributed by atoms with Crippen LogP contribution >= 0.6 is 0 Å². The van der Waals surface area contributed by atoms with Crippen LogP contribution in [0.3, 0.4) is 0 Å². The Hall–Kier alpha value is -2.80. The van der Waals surface area contributed by atoms with E-state index in [2.05, 4.69) is 86.6 Å². The molecule has 3 aromatic carbocycles. The van der Waals surface area contributed by atoms with Crippen LogP contribution in [0.25, 0.3) is 33.4 Å². The summed E-state index contributed by atoms with van der Waals surface area (Å²) >= 11 is 0. The fraction of sp³-hybridized carbons (Fsp3) is 0.0909. The Labute approximate surface area is 136 Å². The van der Waals surface area contributed by atoms with Gasteiger partial charge in [0.2, 0.25) is 0 Å². The molecule has 0 radical (unpaired) electrons. The number of furan rings is 1. The molecule has 0 bridgehead atoms. The third-order valence-corrected chi connectivity index (χ3v) is 4.25. The SMILES string of the molecule is Cc1ccc(-c2oc(-c3ccc(C)cc3)c3ccccc23)cc1. The summed E-state index contributed by atoms with van der Waals surface area (Å²) in [5.74, 6) is 1.88. The molecule has 0 aliphatic rings. The van der Waals surface area contributed by atoms with E-state index in [0.717, 1.165) is 33.4 Å². The Balaban J connectivity index is 1.96. The Morgan fingerprint density at radius 2 is 0.913 bits per heavy atom. The second-order valence-electron chi connectivity index (χ2n) is 6.04. The van der Waals surface area contributed by atoms with Gasteiger partial charge >= 0.3 is 0 Å². The lowest BCUT2D eigenvalue weighted by Gasteiger charge is -2.00. The van der Waals surface area contributed by atoms with Gasteiger partial charge in [0.15, 0.2) is 0 Å². The molecule has 0 aliphatic heterocycles. The van der Waals surface area contributed by atoms with E-state index in [1.807, 2.05) is 0 Å². The summed E-state index contributed by atoms with van der Waals surface area (Å²) in [6.07, 6.45) is 0. The van der Waals surface area contributed by atoms with E-state index >= 15 is 0 Å². The van der Waals surface area contributed by atoms with E-state index in [-0.39, 0.29) is 0 Å². The third-order valence-electron chi connectivity index (χ3n) is 4.25. The molecule has 4 aromatic rings. The number of fused-ring (bicyclic) bond motifs is 1. The lowest BCUT2D eigenvalue weighted by Crippen LogP contribution is -1.76. The highest BCUT2D eigenvalue weighted by Crippen LogP contribution is 2.39. The molecule has 0 atom stereocenters. The summed E-state index contributed by atoms with van der Waals surface area (Å²) in [4.78, 5) is 0. The number of benzene rings is 3. The average molecular weight is 298 g/mol. The van der Waals surface area contributed by atoms with Gasteiger partial charge in [-0.25, -0.2) is 0 Å². The van der Waals surface area contributed by atoms with Crippen molar-refractivity contribution in [2.24, 2.45) is 0 Å². The van der Waals surface area contributed by atoms with Crippen molar-refractivity contribution in [3.63, 3.8) is 0 Å². The van der Waals surface area contributed by atoms with Crippen LogP contribution in [0.4, 0.5) is 0 Å². The minimum atomic E-state index is 0.941. The largest absolute Gasteiger partial charge is 0.455 e. The Morgan fingerprint density at radius 3 is 1.30 bits per heavy atom. The highest BCUT2D eigenvalue weighted by molar-refractivity contribution is 6.02. The van der Waals surface area contributed by atoms with Crippen LogP contribution in [0.15, 0.2) is 77.2 Å². The average Bonchev–Trinajstić information content (AvgIpc) is 2.96. The molecule has 0 spiro atoms. The van der Waals surface area contributed by atoms with Crippen molar-refractivity contribution in [1.29, 1.82) is 0 Å². The topological polar surface area (TPSA) is 13.1 Å². The van der Waals surface area contributed by atoms with Gasteiger partial charge in [-0.2, -0.15) is 0 Å². The van der Waals surface area contributed by atoms with Crippen LogP contribution in [0, 0.1) is 13.8 Å². The molecule has 0 amide bonds. The van der Waals surface area contributed by atoms with E-state index in [4.69, 9.17) is 4.42 Å². The number of aryl methyl sites for hydroxylation is 2. The second kappa shape index (κ2) is 5.44. The molecule has 23 heavy (non-hydrogen) atoms. The van der Waals surface area contributed by atoms with Gasteiger partial charge in [0.25, 0.3) is 0 Å². The van der Waals surface area contributed by atoms with Gasteiger partial charge in [-0.3, -0.25) is 0 Å². The van der Waals surface area contributed by atoms with Gasteiger partial charge in [-0.1, -0.05) is 83.9 Å². The van der Waals surface area contributed by atoms with Crippen molar-refractivity contribution in [2.75, 3.05) is 0 Å². The Bertz CT molecular complexity index is 878. The highest BCUT2D eigenvalue weighted by Gasteiger charge is 2.15. The summed E-state index contributed by atoms with van der Waals surface area (Å²) in [6, 6.07) is 25.4. The summed E-state index contributed by atoms with van der Waals surface area (Å²) in [6.45, 7) is 4.20. The number of hydrogen-bond donors (Lipinski definition) is 0. The molecule has 0 aliphatic carbocycles. The van der Waals surface area contributed by atoms with Crippen molar-refractivity contribution >= 4 is 10.8 Å². The van der Waals surface area contributed by atoms with E-state index in [9.17, 15) is 0 Å². The fourth-order valence-electron chi connectivity index (χ4n) is 2.93. The van der Waals surface area contributed by atoms with Crippen LogP contribution in [-0.4, -0.2) is 0 Å². The summed E-state index contributed by atoms with van der Waals surface area (Å²) in [5.41, 5.74) is 4.74. The van der Waals surface area contributed by atoms with E-state index in [1.54, 1.807) is 0 Å². The van der Waals surface area contributed by atoms with Gasteiger partial charge in [0, 0.05) is 21.9 Å².